The van der Waals surface area contributed by atoms with Crippen LogP contribution in [0.4, 0.5) is 11.5 Å². The molecular formula is C21H27N5S. The van der Waals surface area contributed by atoms with Crippen LogP contribution in [0.3, 0.4) is 0 Å². The van der Waals surface area contributed by atoms with Gasteiger partial charge in [-0.2, -0.15) is 11.3 Å². The Morgan fingerprint density at radius 3 is 2.44 bits per heavy atom. The summed E-state index contributed by atoms with van der Waals surface area (Å²) in [6.45, 7) is 8.87. The highest BCUT2D eigenvalue weighted by molar-refractivity contribution is 7.08. The molecule has 2 fully saturated rings. The highest BCUT2D eigenvalue weighted by Gasteiger charge is 2.19. The fraction of sp³-hybridized carbons (Fsp3) is 0.476. The molecule has 5 rings (SSSR count). The zero-order chi connectivity index (χ0) is 18.1. The summed E-state index contributed by atoms with van der Waals surface area (Å²) < 4.78 is 2.33. The molecular weight excluding hydrogens is 354 g/mol. The molecule has 0 atom stereocenters. The van der Waals surface area contributed by atoms with Crippen LogP contribution in [-0.2, 0) is 6.54 Å². The SMILES string of the molecule is c1cc(N2CCN(c3ccc4ccn(CCN5CCCC5)c4n3)CC2)cs1. The van der Waals surface area contributed by atoms with Gasteiger partial charge in [-0.3, -0.25) is 0 Å². The molecule has 0 bridgehead atoms. The topological polar surface area (TPSA) is 27.5 Å². The van der Waals surface area contributed by atoms with Gasteiger partial charge in [-0.15, -0.1) is 0 Å². The van der Waals surface area contributed by atoms with E-state index in [1.54, 1.807) is 11.3 Å². The van der Waals surface area contributed by atoms with E-state index >= 15 is 0 Å². The average Bonchev–Trinajstić information content (AvgIpc) is 3.48. The molecule has 3 aromatic heterocycles. The van der Waals surface area contributed by atoms with E-state index in [-0.39, 0.29) is 0 Å². The van der Waals surface area contributed by atoms with E-state index < -0.39 is 0 Å². The summed E-state index contributed by atoms with van der Waals surface area (Å²) in [5.74, 6) is 1.12. The third-order valence-corrected chi connectivity index (χ3v) is 6.60. The van der Waals surface area contributed by atoms with E-state index in [1.165, 1.54) is 37.0 Å². The lowest BCUT2D eigenvalue weighted by molar-refractivity contribution is 0.324. The molecule has 27 heavy (non-hydrogen) atoms. The van der Waals surface area contributed by atoms with Crippen molar-refractivity contribution in [3.8, 4) is 0 Å². The molecule has 0 aliphatic carbocycles. The second-order valence-corrected chi connectivity index (χ2v) is 8.38. The third-order valence-electron chi connectivity index (χ3n) is 5.93. The Balaban J connectivity index is 1.28. The Morgan fingerprint density at radius 2 is 1.67 bits per heavy atom. The second-order valence-electron chi connectivity index (χ2n) is 7.60. The highest BCUT2D eigenvalue weighted by Crippen LogP contribution is 2.23. The van der Waals surface area contributed by atoms with Crippen LogP contribution >= 0.6 is 11.3 Å². The maximum Gasteiger partial charge on any atom is 0.142 e. The number of thiophene rings is 1. The van der Waals surface area contributed by atoms with E-state index in [4.69, 9.17) is 4.98 Å². The first-order valence-corrected chi connectivity index (χ1v) is 11.0. The minimum atomic E-state index is 1.03. The Morgan fingerprint density at radius 1 is 0.852 bits per heavy atom. The molecule has 0 spiro atoms. The fourth-order valence-corrected chi connectivity index (χ4v) is 4.96. The van der Waals surface area contributed by atoms with Crippen LogP contribution in [-0.4, -0.2) is 60.3 Å². The van der Waals surface area contributed by atoms with Crippen molar-refractivity contribution >= 4 is 33.9 Å². The Kier molecular flexibility index (Phi) is 4.76. The van der Waals surface area contributed by atoms with Crippen LogP contribution < -0.4 is 9.80 Å². The largest absolute Gasteiger partial charge is 0.367 e. The van der Waals surface area contributed by atoms with E-state index in [9.17, 15) is 0 Å². The van der Waals surface area contributed by atoms with Crippen LogP contribution in [0.5, 0.6) is 0 Å². The molecule has 142 valence electrons. The van der Waals surface area contributed by atoms with Crippen LogP contribution in [0.15, 0.2) is 41.2 Å². The van der Waals surface area contributed by atoms with Crippen LogP contribution in [0, 0.1) is 0 Å². The molecule has 0 saturated carbocycles. The maximum absolute atomic E-state index is 5.05. The van der Waals surface area contributed by atoms with Gasteiger partial charge in [0.1, 0.15) is 11.5 Å². The molecule has 2 aliphatic rings. The fourth-order valence-electron chi connectivity index (χ4n) is 4.29. The minimum Gasteiger partial charge on any atom is -0.367 e. The molecule has 0 amide bonds. The van der Waals surface area contributed by atoms with Gasteiger partial charge in [0.15, 0.2) is 0 Å². The predicted octanol–water partition coefficient (Wildman–Crippen LogP) is 3.52. The first-order valence-electron chi connectivity index (χ1n) is 10.1. The number of aromatic nitrogens is 2. The van der Waals surface area contributed by atoms with Gasteiger partial charge in [-0.1, -0.05) is 0 Å². The summed E-state index contributed by atoms with van der Waals surface area (Å²) in [6, 6.07) is 8.84. The molecule has 6 heteroatoms. The average molecular weight is 382 g/mol. The van der Waals surface area contributed by atoms with Crippen LogP contribution in [0.1, 0.15) is 12.8 Å². The van der Waals surface area contributed by atoms with Crippen molar-refractivity contribution in [2.45, 2.75) is 19.4 Å². The van der Waals surface area contributed by atoms with Gasteiger partial charge in [-0.25, -0.2) is 4.98 Å². The number of hydrogen-bond acceptors (Lipinski definition) is 5. The lowest BCUT2D eigenvalue weighted by atomic mass is 10.2. The van der Waals surface area contributed by atoms with Crippen molar-refractivity contribution < 1.29 is 0 Å². The summed E-state index contributed by atoms with van der Waals surface area (Å²) in [7, 11) is 0. The number of anilines is 2. The zero-order valence-electron chi connectivity index (χ0n) is 15.8. The van der Waals surface area contributed by atoms with E-state index in [0.717, 1.165) is 50.7 Å². The third kappa shape index (κ3) is 3.56. The smallest absolute Gasteiger partial charge is 0.142 e. The van der Waals surface area contributed by atoms with Crippen molar-refractivity contribution in [3.05, 3.63) is 41.2 Å². The summed E-state index contributed by atoms with van der Waals surface area (Å²) in [4.78, 5) is 12.5. The maximum atomic E-state index is 5.05. The molecule has 0 aromatic carbocycles. The molecule has 5 heterocycles. The predicted molar refractivity (Wildman–Crippen MR) is 114 cm³/mol. The second kappa shape index (κ2) is 7.52. The lowest BCUT2D eigenvalue weighted by Crippen LogP contribution is -2.46. The standard InChI is InChI=1S/C21H27N5S/c1-2-8-23(7-1)10-11-26-9-5-18-3-4-20(22-21(18)26)25-14-12-24(13-15-25)19-6-16-27-17-19/h3-6,9,16-17H,1-2,7-8,10-15H2. The van der Waals surface area contributed by atoms with Gasteiger partial charge >= 0.3 is 0 Å². The molecule has 0 unspecified atom stereocenters. The van der Waals surface area contributed by atoms with Crippen molar-refractivity contribution in [2.75, 3.05) is 55.6 Å². The Labute approximate surface area is 164 Å². The van der Waals surface area contributed by atoms with Gasteiger partial charge in [-0.05, 0) is 55.6 Å². The normalized spacial score (nSPS) is 18.7. The lowest BCUT2D eigenvalue weighted by Gasteiger charge is -2.36. The van der Waals surface area contributed by atoms with Crippen LogP contribution in [0.2, 0.25) is 0 Å². The number of pyridine rings is 1. The number of fused-ring (bicyclic) bond motifs is 1. The molecule has 5 nitrogen and oxygen atoms in total. The molecule has 0 N–H and O–H groups in total. The van der Waals surface area contributed by atoms with Gasteiger partial charge in [0.2, 0.25) is 0 Å². The minimum absolute atomic E-state index is 1.03. The van der Waals surface area contributed by atoms with Crippen LogP contribution in [0.25, 0.3) is 11.0 Å². The first kappa shape index (κ1) is 17.1. The van der Waals surface area contributed by atoms with E-state index in [2.05, 4.69) is 60.5 Å². The van der Waals surface area contributed by atoms with Gasteiger partial charge < -0.3 is 19.3 Å². The Bertz CT molecular complexity index is 873. The Hall–Kier alpha value is -2.05. The zero-order valence-corrected chi connectivity index (χ0v) is 16.6. The quantitative estimate of drug-likeness (QED) is 0.676. The number of likely N-dealkylation sites (tertiary alicyclic amines) is 1. The van der Waals surface area contributed by atoms with Gasteiger partial charge in [0, 0.05) is 61.9 Å². The number of hydrogen-bond donors (Lipinski definition) is 0. The van der Waals surface area contributed by atoms with Crippen molar-refractivity contribution in [2.24, 2.45) is 0 Å². The summed E-state index contributed by atoms with van der Waals surface area (Å²) in [5.41, 5.74) is 2.49. The van der Waals surface area contributed by atoms with Crippen molar-refractivity contribution in [1.82, 2.24) is 14.5 Å². The van der Waals surface area contributed by atoms with Crippen molar-refractivity contribution in [1.29, 1.82) is 0 Å². The molecule has 2 aliphatic heterocycles. The van der Waals surface area contributed by atoms with Gasteiger partial charge in [0.05, 0.1) is 0 Å². The monoisotopic (exact) mass is 381 g/mol. The first-order chi connectivity index (χ1) is 13.4. The number of nitrogens with zero attached hydrogens (tertiary/aromatic N) is 5. The van der Waals surface area contributed by atoms with E-state index in [0.29, 0.717) is 0 Å². The highest BCUT2D eigenvalue weighted by atomic mass is 32.1. The molecule has 3 aromatic rings. The molecule has 0 radical (unpaired) electrons. The summed E-state index contributed by atoms with van der Waals surface area (Å²) in [5, 5.41) is 5.65. The number of piperazine rings is 1. The number of rotatable bonds is 5. The van der Waals surface area contributed by atoms with Crippen molar-refractivity contribution in [3.63, 3.8) is 0 Å². The van der Waals surface area contributed by atoms with E-state index in [1.807, 2.05) is 0 Å². The molecule has 2 saturated heterocycles. The van der Waals surface area contributed by atoms with Gasteiger partial charge in [0.25, 0.3) is 0 Å². The summed E-state index contributed by atoms with van der Waals surface area (Å²) in [6.07, 6.45) is 4.91. The summed E-state index contributed by atoms with van der Waals surface area (Å²) >= 11 is 1.77.